The first-order valence-electron chi connectivity index (χ1n) is 7.62. The molecule has 0 saturated heterocycles. The summed E-state index contributed by atoms with van der Waals surface area (Å²) in [7, 11) is 0. The van der Waals surface area contributed by atoms with Crippen molar-refractivity contribution in [1.29, 1.82) is 0 Å². The molecule has 0 aliphatic heterocycles. The Kier molecular flexibility index (Phi) is 3.35. The van der Waals surface area contributed by atoms with Gasteiger partial charge in [0, 0.05) is 18.0 Å². The van der Waals surface area contributed by atoms with Gasteiger partial charge in [-0.25, -0.2) is 14.8 Å². The predicted octanol–water partition coefficient (Wildman–Crippen LogP) is 1.98. The Hall–Kier alpha value is -3.48. The van der Waals surface area contributed by atoms with Gasteiger partial charge in [-0.15, -0.1) is 0 Å². The molecule has 2 heterocycles. The maximum Gasteiger partial charge on any atom is 0.338 e. The summed E-state index contributed by atoms with van der Waals surface area (Å²) in [6, 6.07) is 6.11. The fourth-order valence-corrected chi connectivity index (χ4v) is 2.74. The lowest BCUT2D eigenvalue weighted by atomic mass is 9.91. The second-order valence-electron chi connectivity index (χ2n) is 5.42. The smallest absolute Gasteiger partial charge is 0.338 e. The van der Waals surface area contributed by atoms with Gasteiger partial charge in [-0.05, 0) is 31.2 Å². The van der Waals surface area contributed by atoms with Crippen LogP contribution in [0.15, 0.2) is 36.7 Å². The minimum absolute atomic E-state index is 0.00175. The molecule has 7 heteroatoms. The number of hydrogen-bond donors (Lipinski definition) is 0. The highest BCUT2D eigenvalue weighted by molar-refractivity contribution is 6.27. The number of carbonyl (C=O) groups excluding carboxylic acids is 3. The van der Waals surface area contributed by atoms with Crippen LogP contribution in [0.4, 0.5) is 0 Å². The van der Waals surface area contributed by atoms with Crippen molar-refractivity contribution in [2.75, 3.05) is 6.61 Å². The van der Waals surface area contributed by atoms with E-state index in [2.05, 4.69) is 15.0 Å². The van der Waals surface area contributed by atoms with Crippen LogP contribution in [0.2, 0.25) is 0 Å². The quantitative estimate of drug-likeness (QED) is 0.517. The van der Waals surface area contributed by atoms with Crippen LogP contribution in [0.5, 0.6) is 0 Å². The molecule has 0 spiro atoms. The summed E-state index contributed by atoms with van der Waals surface area (Å²) in [6.07, 6.45) is 2.80. The number of nitrogens with zero attached hydrogens (tertiary/aromatic N) is 3. The molecule has 0 N–H and O–H groups in total. The molecule has 1 aliphatic rings. The highest BCUT2D eigenvalue weighted by Gasteiger charge is 2.32. The summed E-state index contributed by atoms with van der Waals surface area (Å²) in [5, 5.41) is 0. The average Bonchev–Trinajstić information content (AvgIpc) is 2.64. The molecule has 7 nitrogen and oxygen atoms in total. The first kappa shape index (κ1) is 15.1. The minimum atomic E-state index is -0.484. The molecule has 122 valence electrons. The number of ketones is 2. The molecule has 25 heavy (non-hydrogen) atoms. The van der Waals surface area contributed by atoms with Crippen LogP contribution in [0.25, 0.3) is 11.0 Å². The monoisotopic (exact) mass is 333 g/mol. The third-order valence-electron chi connectivity index (χ3n) is 3.92. The van der Waals surface area contributed by atoms with E-state index in [1.807, 2.05) is 0 Å². The van der Waals surface area contributed by atoms with E-state index in [0.717, 1.165) is 0 Å². The number of rotatable bonds is 2. The number of esters is 1. The number of fused-ring (bicyclic) bond motifs is 3. The van der Waals surface area contributed by atoms with Crippen molar-refractivity contribution < 1.29 is 19.1 Å². The molecular weight excluding hydrogens is 322 g/mol. The Morgan fingerprint density at radius 2 is 1.72 bits per heavy atom. The van der Waals surface area contributed by atoms with Gasteiger partial charge in [0.1, 0.15) is 11.4 Å². The third kappa shape index (κ3) is 2.28. The molecule has 0 saturated carbocycles. The summed E-state index contributed by atoms with van der Waals surface area (Å²) < 4.78 is 4.96. The first-order valence-corrected chi connectivity index (χ1v) is 7.62. The number of benzene rings is 1. The SMILES string of the molecule is CCOC(=O)c1ccc2nc3c(nc2c1)C(=O)c1ccncc1C3=O. The number of aromatic nitrogens is 3. The van der Waals surface area contributed by atoms with E-state index < -0.39 is 5.97 Å². The Bertz CT molecular complexity index is 1080. The van der Waals surface area contributed by atoms with E-state index in [1.54, 1.807) is 19.1 Å². The summed E-state index contributed by atoms with van der Waals surface area (Å²) in [5.74, 6) is -1.26. The molecule has 0 fully saturated rings. The molecule has 3 aromatic rings. The minimum Gasteiger partial charge on any atom is -0.462 e. The maximum absolute atomic E-state index is 12.6. The summed E-state index contributed by atoms with van der Waals surface area (Å²) >= 11 is 0. The van der Waals surface area contributed by atoms with Crippen LogP contribution in [-0.4, -0.2) is 39.1 Å². The van der Waals surface area contributed by atoms with Crippen LogP contribution in [-0.2, 0) is 4.74 Å². The highest BCUT2D eigenvalue weighted by Crippen LogP contribution is 2.26. The summed E-state index contributed by atoms with van der Waals surface area (Å²) in [4.78, 5) is 49.6. The topological polar surface area (TPSA) is 99.1 Å². The van der Waals surface area contributed by atoms with Crippen molar-refractivity contribution in [1.82, 2.24) is 15.0 Å². The van der Waals surface area contributed by atoms with Crippen LogP contribution < -0.4 is 0 Å². The lowest BCUT2D eigenvalue weighted by molar-refractivity contribution is 0.0526. The van der Waals surface area contributed by atoms with Crippen LogP contribution in [0.1, 0.15) is 49.4 Å². The lowest BCUT2D eigenvalue weighted by Crippen LogP contribution is -2.24. The zero-order chi connectivity index (χ0) is 17.6. The zero-order valence-corrected chi connectivity index (χ0v) is 13.1. The molecule has 4 rings (SSSR count). The van der Waals surface area contributed by atoms with Gasteiger partial charge in [0.15, 0.2) is 0 Å². The Morgan fingerprint density at radius 1 is 1.00 bits per heavy atom. The normalized spacial score (nSPS) is 12.7. The fraction of sp³-hybridized carbons (Fsp3) is 0.111. The summed E-state index contributed by atoms with van der Waals surface area (Å²) in [6.45, 7) is 1.97. The maximum atomic E-state index is 12.6. The molecule has 2 aromatic heterocycles. The molecule has 1 aromatic carbocycles. The van der Waals surface area contributed by atoms with Crippen molar-refractivity contribution in [3.05, 3.63) is 64.7 Å². The zero-order valence-electron chi connectivity index (χ0n) is 13.1. The number of pyridine rings is 1. The van der Waals surface area contributed by atoms with Crippen molar-refractivity contribution in [2.24, 2.45) is 0 Å². The molecule has 0 unspecified atom stereocenters. The van der Waals surface area contributed by atoms with E-state index >= 15 is 0 Å². The number of hydrogen-bond acceptors (Lipinski definition) is 7. The predicted molar refractivity (Wildman–Crippen MR) is 86.6 cm³/mol. The van der Waals surface area contributed by atoms with Crippen molar-refractivity contribution in [3.63, 3.8) is 0 Å². The number of ether oxygens (including phenoxy) is 1. The first-order chi connectivity index (χ1) is 12.1. The Balaban J connectivity index is 1.90. The molecule has 0 radical (unpaired) electrons. The van der Waals surface area contributed by atoms with Crippen LogP contribution in [0.3, 0.4) is 0 Å². The van der Waals surface area contributed by atoms with Gasteiger partial charge < -0.3 is 4.74 Å². The van der Waals surface area contributed by atoms with E-state index in [1.165, 1.54) is 24.5 Å². The van der Waals surface area contributed by atoms with Gasteiger partial charge in [-0.3, -0.25) is 14.6 Å². The second-order valence-corrected chi connectivity index (χ2v) is 5.42. The van der Waals surface area contributed by atoms with E-state index in [9.17, 15) is 14.4 Å². The Labute approximate surface area is 141 Å². The third-order valence-corrected chi connectivity index (χ3v) is 3.92. The van der Waals surface area contributed by atoms with Crippen molar-refractivity contribution >= 4 is 28.6 Å². The Morgan fingerprint density at radius 3 is 2.48 bits per heavy atom. The largest absolute Gasteiger partial charge is 0.462 e. The van der Waals surface area contributed by atoms with Gasteiger partial charge in [0.25, 0.3) is 0 Å². The van der Waals surface area contributed by atoms with Gasteiger partial charge in [0.2, 0.25) is 11.6 Å². The fourth-order valence-electron chi connectivity index (χ4n) is 2.74. The van der Waals surface area contributed by atoms with Gasteiger partial charge in [0.05, 0.1) is 28.8 Å². The molecule has 1 aliphatic carbocycles. The molecular formula is C18H11N3O4. The molecule has 0 bridgehead atoms. The molecule has 0 atom stereocenters. The number of carbonyl (C=O) groups is 3. The highest BCUT2D eigenvalue weighted by atomic mass is 16.5. The summed E-state index contributed by atoms with van der Waals surface area (Å²) in [5.41, 5.74) is 1.53. The average molecular weight is 333 g/mol. The van der Waals surface area contributed by atoms with E-state index in [0.29, 0.717) is 16.6 Å². The van der Waals surface area contributed by atoms with Gasteiger partial charge in [-0.1, -0.05) is 0 Å². The lowest BCUT2D eigenvalue weighted by Gasteiger charge is -2.15. The standard InChI is InChI=1S/C18H11N3O4/c1-2-25-18(24)9-3-4-12-13(7-9)21-14-15(20-12)17(23)11-8-19-6-5-10(11)16(14)22/h3-8H,2H2,1H3. The van der Waals surface area contributed by atoms with Crippen LogP contribution in [0, 0.1) is 0 Å². The van der Waals surface area contributed by atoms with Crippen LogP contribution >= 0.6 is 0 Å². The second kappa shape index (κ2) is 5.55. The van der Waals surface area contributed by atoms with Crippen molar-refractivity contribution in [3.8, 4) is 0 Å². The molecule has 0 amide bonds. The van der Waals surface area contributed by atoms with E-state index in [-0.39, 0.29) is 40.7 Å². The van der Waals surface area contributed by atoms with E-state index in [4.69, 9.17) is 4.74 Å². The van der Waals surface area contributed by atoms with Gasteiger partial charge in [-0.2, -0.15) is 0 Å². The van der Waals surface area contributed by atoms with Crippen molar-refractivity contribution in [2.45, 2.75) is 6.92 Å². The van der Waals surface area contributed by atoms with Gasteiger partial charge >= 0.3 is 5.97 Å².